The third kappa shape index (κ3) is 8.88. The Labute approximate surface area is 243 Å². The number of carbonyl (C=O) groups is 1. The maximum absolute atomic E-state index is 12.3. The Kier molecular flexibility index (Phi) is 10.8. The summed E-state index contributed by atoms with van der Waals surface area (Å²) in [4.78, 5) is 14.8. The quantitative estimate of drug-likeness (QED) is 0.301. The fourth-order valence-electron chi connectivity index (χ4n) is 5.63. The second-order valence-corrected chi connectivity index (χ2v) is 11.2. The van der Waals surface area contributed by atoms with Crippen molar-refractivity contribution < 1.29 is 19.4 Å². The molecule has 0 bridgehead atoms. The number of aliphatic hydroxyl groups is 1. The van der Waals surface area contributed by atoms with Crippen LogP contribution in [0.5, 0.6) is 0 Å². The molecule has 2 amide bonds. The van der Waals surface area contributed by atoms with Gasteiger partial charge in [0, 0.05) is 31.6 Å². The normalized spacial score (nSPS) is 21.9. The maximum atomic E-state index is 12.3. The van der Waals surface area contributed by atoms with Crippen LogP contribution in [0.4, 0.5) is 4.79 Å². The number of hydrogen-bond acceptors (Lipinski definition) is 5. The van der Waals surface area contributed by atoms with Gasteiger partial charge in [-0.25, -0.2) is 4.79 Å². The predicted molar refractivity (Wildman–Crippen MR) is 160 cm³/mol. The van der Waals surface area contributed by atoms with Gasteiger partial charge in [-0.05, 0) is 48.2 Å². The zero-order valence-electron chi connectivity index (χ0n) is 23.8. The van der Waals surface area contributed by atoms with Crippen molar-refractivity contribution in [1.29, 1.82) is 0 Å². The van der Waals surface area contributed by atoms with E-state index in [0.29, 0.717) is 13.1 Å². The second-order valence-electron chi connectivity index (χ2n) is 11.2. The molecule has 0 saturated carbocycles. The molecule has 7 nitrogen and oxygen atoms in total. The number of carbonyl (C=O) groups excluding carboxylic acids is 1. The van der Waals surface area contributed by atoms with Gasteiger partial charge in [-0.2, -0.15) is 0 Å². The summed E-state index contributed by atoms with van der Waals surface area (Å²) in [6.45, 7) is 4.12. The molecular formula is C34H43N3O4. The van der Waals surface area contributed by atoms with Crippen molar-refractivity contribution in [3.8, 4) is 0 Å². The average Bonchev–Trinajstić information content (AvgIpc) is 3.01. The number of rotatable bonds is 9. The first-order chi connectivity index (χ1) is 20.2. The van der Waals surface area contributed by atoms with Gasteiger partial charge >= 0.3 is 6.03 Å². The molecule has 2 heterocycles. The third-order valence-electron chi connectivity index (χ3n) is 8.03. The molecule has 3 aromatic carbocycles. The summed E-state index contributed by atoms with van der Waals surface area (Å²) in [5, 5.41) is 15.3. The number of hydrogen-bond donors (Lipinski definition) is 3. The molecule has 7 heteroatoms. The number of ether oxygens (including phenoxy) is 2. The Morgan fingerprint density at radius 2 is 1.32 bits per heavy atom. The molecule has 0 aliphatic carbocycles. The van der Waals surface area contributed by atoms with Crippen LogP contribution >= 0.6 is 0 Å². The summed E-state index contributed by atoms with van der Waals surface area (Å²) in [5.41, 5.74) is 5.04. The number of benzene rings is 3. The minimum absolute atomic E-state index is 0.0328. The standard InChI is InChI=1S/C34H43N3O4/c38-25-28-13-15-29(16-14-28)32-21-31(24-37-19-7-2-1-3-8-20-37)40-33(41-32)30-17-11-27(12-18-30)23-36-34(39)35-22-26-9-5-4-6-10-26/h4-6,9-18,31-33,38H,1-3,7-8,19-25H2,(H2,35,36,39). The van der Waals surface area contributed by atoms with Crippen LogP contribution < -0.4 is 10.6 Å². The first-order valence-electron chi connectivity index (χ1n) is 15.0. The molecule has 2 aliphatic rings. The Balaban J connectivity index is 1.21. The van der Waals surface area contributed by atoms with E-state index in [9.17, 15) is 9.90 Å². The van der Waals surface area contributed by atoms with Crippen molar-refractivity contribution in [2.45, 2.75) is 76.7 Å². The summed E-state index contributed by atoms with van der Waals surface area (Å²) < 4.78 is 13.1. The topological polar surface area (TPSA) is 83.1 Å². The molecule has 218 valence electrons. The molecule has 3 N–H and O–H groups in total. The highest BCUT2D eigenvalue weighted by Gasteiger charge is 2.33. The van der Waals surface area contributed by atoms with Gasteiger partial charge in [0.1, 0.15) is 0 Å². The molecule has 0 radical (unpaired) electrons. The molecule has 2 fully saturated rings. The lowest BCUT2D eigenvalue weighted by Gasteiger charge is -2.38. The highest BCUT2D eigenvalue weighted by Crippen LogP contribution is 2.38. The van der Waals surface area contributed by atoms with Crippen molar-refractivity contribution in [3.05, 3.63) is 107 Å². The first-order valence-corrected chi connectivity index (χ1v) is 15.0. The molecule has 3 aromatic rings. The summed E-state index contributed by atoms with van der Waals surface area (Å²) in [6.07, 6.45) is 6.76. The fourth-order valence-corrected chi connectivity index (χ4v) is 5.63. The monoisotopic (exact) mass is 557 g/mol. The van der Waals surface area contributed by atoms with Crippen molar-refractivity contribution in [2.75, 3.05) is 19.6 Å². The predicted octanol–water partition coefficient (Wildman–Crippen LogP) is 5.99. The number of nitrogens with one attached hydrogen (secondary N) is 2. The summed E-state index contributed by atoms with van der Waals surface area (Å²) >= 11 is 0. The van der Waals surface area contributed by atoms with Gasteiger partial charge in [0.15, 0.2) is 6.29 Å². The van der Waals surface area contributed by atoms with E-state index in [1.807, 2.05) is 66.7 Å². The van der Waals surface area contributed by atoms with Crippen LogP contribution in [0.2, 0.25) is 0 Å². The molecule has 3 atom stereocenters. The van der Waals surface area contributed by atoms with Gasteiger partial charge < -0.3 is 30.1 Å². The van der Waals surface area contributed by atoms with E-state index in [2.05, 4.69) is 27.7 Å². The van der Waals surface area contributed by atoms with Gasteiger partial charge in [0.25, 0.3) is 0 Å². The molecule has 3 unspecified atom stereocenters. The van der Waals surface area contributed by atoms with Crippen LogP contribution in [0.15, 0.2) is 78.9 Å². The summed E-state index contributed by atoms with van der Waals surface area (Å²) in [5.74, 6) is 0. The van der Waals surface area contributed by atoms with E-state index in [0.717, 1.165) is 53.9 Å². The lowest BCUT2D eigenvalue weighted by atomic mass is 9.99. The SMILES string of the molecule is O=C(NCc1ccccc1)NCc1ccc(C2OC(CN3CCCCCCC3)CC(c3ccc(CO)cc3)O2)cc1. The van der Waals surface area contributed by atoms with Crippen LogP contribution in [-0.2, 0) is 29.2 Å². The van der Waals surface area contributed by atoms with E-state index >= 15 is 0 Å². The van der Waals surface area contributed by atoms with E-state index < -0.39 is 6.29 Å². The Hall–Kier alpha value is -3.23. The molecule has 5 rings (SSSR count). The lowest BCUT2D eigenvalue weighted by Crippen LogP contribution is -2.40. The molecule has 0 aromatic heterocycles. The Bertz CT molecular complexity index is 1190. The molecule has 2 saturated heterocycles. The number of urea groups is 1. The van der Waals surface area contributed by atoms with Gasteiger partial charge in [-0.3, -0.25) is 0 Å². The minimum atomic E-state index is -0.470. The van der Waals surface area contributed by atoms with Crippen LogP contribution in [-0.4, -0.2) is 41.8 Å². The zero-order chi connectivity index (χ0) is 28.3. The highest BCUT2D eigenvalue weighted by molar-refractivity contribution is 5.73. The van der Waals surface area contributed by atoms with Crippen LogP contribution in [0.1, 0.15) is 78.7 Å². The number of likely N-dealkylation sites (tertiary alicyclic amines) is 1. The van der Waals surface area contributed by atoms with Gasteiger partial charge in [0.05, 0.1) is 18.8 Å². The number of aliphatic hydroxyl groups excluding tert-OH is 1. The van der Waals surface area contributed by atoms with E-state index in [1.54, 1.807) is 0 Å². The number of amides is 2. The number of nitrogens with zero attached hydrogens (tertiary/aromatic N) is 1. The largest absolute Gasteiger partial charge is 0.392 e. The van der Waals surface area contributed by atoms with Crippen molar-refractivity contribution >= 4 is 6.03 Å². The van der Waals surface area contributed by atoms with E-state index in [4.69, 9.17) is 9.47 Å². The Morgan fingerprint density at radius 1 is 0.732 bits per heavy atom. The first kappa shape index (κ1) is 29.3. The fraction of sp³-hybridized carbons (Fsp3) is 0.441. The molecule has 0 spiro atoms. The van der Waals surface area contributed by atoms with Crippen LogP contribution in [0.3, 0.4) is 0 Å². The van der Waals surface area contributed by atoms with Crippen molar-refractivity contribution in [3.63, 3.8) is 0 Å². The van der Waals surface area contributed by atoms with Crippen LogP contribution in [0, 0.1) is 0 Å². The van der Waals surface area contributed by atoms with E-state index in [-0.39, 0.29) is 24.8 Å². The summed E-state index contributed by atoms with van der Waals surface area (Å²) in [6, 6.07) is 25.8. The molecular weight excluding hydrogens is 514 g/mol. The van der Waals surface area contributed by atoms with Gasteiger partial charge in [0.2, 0.25) is 0 Å². The third-order valence-corrected chi connectivity index (χ3v) is 8.03. The van der Waals surface area contributed by atoms with Gasteiger partial charge in [-0.15, -0.1) is 0 Å². The maximum Gasteiger partial charge on any atom is 0.315 e. The van der Waals surface area contributed by atoms with Crippen LogP contribution in [0.25, 0.3) is 0 Å². The second kappa shape index (κ2) is 15.1. The minimum Gasteiger partial charge on any atom is -0.392 e. The highest BCUT2D eigenvalue weighted by atomic mass is 16.7. The Morgan fingerprint density at radius 3 is 1.98 bits per heavy atom. The zero-order valence-corrected chi connectivity index (χ0v) is 23.8. The smallest absolute Gasteiger partial charge is 0.315 e. The molecule has 2 aliphatic heterocycles. The summed E-state index contributed by atoms with van der Waals surface area (Å²) in [7, 11) is 0. The average molecular weight is 558 g/mol. The van der Waals surface area contributed by atoms with Crippen molar-refractivity contribution in [1.82, 2.24) is 15.5 Å². The molecule has 41 heavy (non-hydrogen) atoms. The van der Waals surface area contributed by atoms with Gasteiger partial charge in [-0.1, -0.05) is 98.1 Å². The van der Waals surface area contributed by atoms with E-state index in [1.165, 1.54) is 32.1 Å². The lowest BCUT2D eigenvalue weighted by molar-refractivity contribution is -0.253. The van der Waals surface area contributed by atoms with Crippen molar-refractivity contribution in [2.24, 2.45) is 0 Å².